The van der Waals surface area contributed by atoms with Crippen molar-refractivity contribution >= 4 is 38.9 Å². The number of halogens is 1. The summed E-state index contributed by atoms with van der Waals surface area (Å²) < 4.78 is 32.1. The molecule has 24 heavy (non-hydrogen) atoms. The van der Waals surface area contributed by atoms with Crippen molar-refractivity contribution in [2.75, 3.05) is 29.4 Å². The van der Waals surface area contributed by atoms with E-state index in [2.05, 4.69) is 9.71 Å². The first-order valence-electron chi connectivity index (χ1n) is 7.08. The molecule has 1 aromatic heterocycles. The van der Waals surface area contributed by atoms with E-state index in [9.17, 15) is 13.2 Å². The Kier molecular flexibility index (Phi) is 4.70. The first kappa shape index (κ1) is 16.7. The van der Waals surface area contributed by atoms with E-state index in [0.717, 1.165) is 0 Å². The molecule has 0 atom stereocenters. The van der Waals surface area contributed by atoms with Gasteiger partial charge in [0.05, 0.1) is 6.61 Å². The van der Waals surface area contributed by atoms with Gasteiger partial charge in [-0.05, 0) is 36.4 Å². The Labute approximate surface area is 144 Å². The van der Waals surface area contributed by atoms with Crippen LogP contribution in [0.15, 0.2) is 47.5 Å². The summed E-state index contributed by atoms with van der Waals surface area (Å²) in [5, 5.41) is 0.216. The largest absolute Gasteiger partial charge is 0.370 e. The van der Waals surface area contributed by atoms with Crippen LogP contribution in [0.5, 0.6) is 0 Å². The molecule has 0 saturated carbocycles. The minimum Gasteiger partial charge on any atom is -0.370 e. The fourth-order valence-corrected chi connectivity index (χ4v) is 3.35. The maximum atomic E-state index is 12.3. The standard InChI is InChI=1S/C15H14ClN3O4S/c16-14-6-5-13(9-17-14)24(21,22)18-11-1-3-12(4-2-11)19-7-8-23-10-15(19)20/h1-6,9,18H,7-8,10H2. The molecule has 1 aliphatic rings. The second-order valence-electron chi connectivity index (χ2n) is 5.07. The van der Waals surface area contributed by atoms with Crippen molar-refractivity contribution < 1.29 is 17.9 Å². The molecule has 2 aromatic rings. The summed E-state index contributed by atoms with van der Waals surface area (Å²) in [4.78, 5) is 17.2. The fraction of sp³-hybridized carbons (Fsp3) is 0.200. The Balaban J connectivity index is 1.76. The summed E-state index contributed by atoms with van der Waals surface area (Å²) in [5.41, 5.74) is 1.08. The molecule has 1 saturated heterocycles. The van der Waals surface area contributed by atoms with Crippen LogP contribution in [-0.4, -0.2) is 39.1 Å². The molecule has 0 bridgehead atoms. The molecule has 1 fully saturated rings. The van der Waals surface area contributed by atoms with Crippen LogP contribution < -0.4 is 9.62 Å². The predicted octanol–water partition coefficient (Wildman–Crippen LogP) is 1.90. The lowest BCUT2D eigenvalue weighted by Gasteiger charge is -2.26. The van der Waals surface area contributed by atoms with Crippen molar-refractivity contribution in [3.05, 3.63) is 47.7 Å². The van der Waals surface area contributed by atoms with Gasteiger partial charge in [-0.2, -0.15) is 0 Å². The number of amides is 1. The highest BCUT2D eigenvalue weighted by atomic mass is 35.5. The van der Waals surface area contributed by atoms with Crippen LogP contribution in [0.2, 0.25) is 5.15 Å². The zero-order valence-electron chi connectivity index (χ0n) is 12.5. The number of carbonyl (C=O) groups is 1. The first-order chi connectivity index (χ1) is 11.5. The van der Waals surface area contributed by atoms with Gasteiger partial charge in [-0.15, -0.1) is 0 Å². The molecule has 0 unspecified atom stereocenters. The lowest BCUT2D eigenvalue weighted by Crippen LogP contribution is -2.41. The van der Waals surface area contributed by atoms with Crippen molar-refractivity contribution in [2.24, 2.45) is 0 Å². The van der Waals surface area contributed by atoms with Crippen LogP contribution in [0.4, 0.5) is 11.4 Å². The van der Waals surface area contributed by atoms with E-state index in [1.54, 1.807) is 29.2 Å². The number of nitrogens with zero attached hydrogens (tertiary/aromatic N) is 2. The number of hydrogen-bond donors (Lipinski definition) is 1. The third-order valence-electron chi connectivity index (χ3n) is 3.43. The number of hydrogen-bond acceptors (Lipinski definition) is 5. The molecule has 0 spiro atoms. The van der Waals surface area contributed by atoms with Gasteiger partial charge in [0.1, 0.15) is 16.7 Å². The van der Waals surface area contributed by atoms with Crippen LogP contribution in [0.1, 0.15) is 0 Å². The van der Waals surface area contributed by atoms with E-state index >= 15 is 0 Å². The van der Waals surface area contributed by atoms with Crippen molar-refractivity contribution in [3.8, 4) is 0 Å². The molecule has 1 aromatic carbocycles. The maximum Gasteiger partial charge on any atom is 0.263 e. The Morgan fingerprint density at radius 2 is 1.92 bits per heavy atom. The van der Waals surface area contributed by atoms with E-state index in [-0.39, 0.29) is 22.6 Å². The molecule has 126 valence electrons. The van der Waals surface area contributed by atoms with Crippen molar-refractivity contribution in [3.63, 3.8) is 0 Å². The van der Waals surface area contributed by atoms with Gasteiger partial charge in [-0.3, -0.25) is 9.52 Å². The van der Waals surface area contributed by atoms with Crippen LogP contribution in [0.25, 0.3) is 0 Å². The highest BCUT2D eigenvalue weighted by molar-refractivity contribution is 7.92. The summed E-state index contributed by atoms with van der Waals surface area (Å²) in [6.07, 6.45) is 1.19. The van der Waals surface area contributed by atoms with Gasteiger partial charge in [-0.25, -0.2) is 13.4 Å². The third-order valence-corrected chi connectivity index (χ3v) is 5.02. The number of morpholine rings is 1. The van der Waals surface area contributed by atoms with Gasteiger partial charge in [0, 0.05) is 24.1 Å². The average Bonchev–Trinajstić information content (AvgIpc) is 2.56. The van der Waals surface area contributed by atoms with E-state index in [0.29, 0.717) is 24.5 Å². The van der Waals surface area contributed by atoms with Gasteiger partial charge in [-0.1, -0.05) is 11.6 Å². The van der Waals surface area contributed by atoms with Gasteiger partial charge >= 0.3 is 0 Å². The molecular formula is C15H14ClN3O4S. The minimum atomic E-state index is -3.75. The topological polar surface area (TPSA) is 88.6 Å². The van der Waals surface area contributed by atoms with Gasteiger partial charge in [0.25, 0.3) is 15.9 Å². The molecule has 1 amide bonds. The lowest BCUT2D eigenvalue weighted by molar-refractivity contribution is -0.125. The number of rotatable bonds is 4. The molecule has 0 radical (unpaired) electrons. The smallest absolute Gasteiger partial charge is 0.263 e. The zero-order chi connectivity index (χ0) is 17.2. The maximum absolute atomic E-state index is 12.3. The highest BCUT2D eigenvalue weighted by Crippen LogP contribution is 2.22. The summed E-state index contributed by atoms with van der Waals surface area (Å²) in [6, 6.07) is 9.34. The number of carbonyl (C=O) groups excluding carboxylic acids is 1. The number of ether oxygens (including phenoxy) is 1. The predicted molar refractivity (Wildman–Crippen MR) is 89.7 cm³/mol. The molecule has 0 aliphatic carbocycles. The Morgan fingerprint density at radius 3 is 2.54 bits per heavy atom. The molecule has 2 heterocycles. The van der Waals surface area contributed by atoms with E-state index in [1.807, 2.05) is 0 Å². The first-order valence-corrected chi connectivity index (χ1v) is 8.94. The Morgan fingerprint density at radius 1 is 1.17 bits per heavy atom. The number of anilines is 2. The fourth-order valence-electron chi connectivity index (χ4n) is 2.24. The Hall–Kier alpha value is -2.16. The Bertz CT molecular complexity index is 838. The summed E-state index contributed by atoms with van der Waals surface area (Å²) in [6.45, 7) is 1.00. The summed E-state index contributed by atoms with van der Waals surface area (Å²) >= 11 is 5.66. The molecular weight excluding hydrogens is 354 g/mol. The summed E-state index contributed by atoms with van der Waals surface area (Å²) in [7, 11) is -3.75. The monoisotopic (exact) mass is 367 g/mol. The summed E-state index contributed by atoms with van der Waals surface area (Å²) in [5.74, 6) is -0.123. The van der Waals surface area contributed by atoms with Crippen molar-refractivity contribution in [2.45, 2.75) is 4.90 Å². The average molecular weight is 368 g/mol. The minimum absolute atomic E-state index is 0.0133. The van der Waals surface area contributed by atoms with Gasteiger partial charge in [0.2, 0.25) is 0 Å². The lowest BCUT2D eigenvalue weighted by atomic mass is 10.2. The second kappa shape index (κ2) is 6.76. The van der Waals surface area contributed by atoms with Crippen LogP contribution in [-0.2, 0) is 19.6 Å². The molecule has 9 heteroatoms. The zero-order valence-corrected chi connectivity index (χ0v) is 14.0. The number of sulfonamides is 1. The third kappa shape index (κ3) is 3.66. The van der Waals surface area contributed by atoms with Crippen molar-refractivity contribution in [1.82, 2.24) is 4.98 Å². The second-order valence-corrected chi connectivity index (χ2v) is 7.14. The molecule has 3 rings (SSSR count). The molecule has 1 N–H and O–H groups in total. The molecule has 7 nitrogen and oxygen atoms in total. The quantitative estimate of drug-likeness (QED) is 0.834. The van der Waals surface area contributed by atoms with Crippen LogP contribution in [0.3, 0.4) is 0 Å². The van der Waals surface area contributed by atoms with Crippen LogP contribution >= 0.6 is 11.6 Å². The number of benzene rings is 1. The molecule has 1 aliphatic heterocycles. The SMILES string of the molecule is O=C1COCCN1c1ccc(NS(=O)(=O)c2ccc(Cl)nc2)cc1. The normalized spacial score (nSPS) is 15.4. The van der Waals surface area contributed by atoms with Crippen molar-refractivity contribution in [1.29, 1.82) is 0 Å². The van der Waals surface area contributed by atoms with Gasteiger partial charge < -0.3 is 9.64 Å². The number of nitrogens with one attached hydrogen (secondary N) is 1. The van der Waals surface area contributed by atoms with Crippen LogP contribution in [0, 0.1) is 0 Å². The van der Waals surface area contributed by atoms with Gasteiger partial charge in [0.15, 0.2) is 0 Å². The number of pyridine rings is 1. The van der Waals surface area contributed by atoms with E-state index in [4.69, 9.17) is 16.3 Å². The van der Waals surface area contributed by atoms with E-state index in [1.165, 1.54) is 18.3 Å². The van der Waals surface area contributed by atoms with E-state index < -0.39 is 10.0 Å². The number of aromatic nitrogens is 1. The highest BCUT2D eigenvalue weighted by Gasteiger charge is 2.20.